The molecule has 25 heavy (non-hydrogen) atoms. The Balaban J connectivity index is 1.87. The standard InChI is InChI=1S/C18H13F4N3/c19-15-4-1-12(2-5-15)13-7-9-25(10-8-13)17-14(11-23)3-6-16(24-17)18(20,21)22/h1-7H,8-10H2. The molecule has 0 radical (unpaired) electrons. The molecule has 0 atom stereocenters. The largest absolute Gasteiger partial charge is 0.433 e. The predicted molar refractivity (Wildman–Crippen MR) is 85.2 cm³/mol. The summed E-state index contributed by atoms with van der Waals surface area (Å²) in [7, 11) is 0. The highest BCUT2D eigenvalue weighted by atomic mass is 19.4. The van der Waals surface area contributed by atoms with Crippen molar-refractivity contribution in [1.29, 1.82) is 5.26 Å². The zero-order chi connectivity index (χ0) is 18.0. The van der Waals surface area contributed by atoms with Crippen molar-refractivity contribution in [1.82, 2.24) is 4.98 Å². The number of benzene rings is 1. The zero-order valence-electron chi connectivity index (χ0n) is 13.0. The highest BCUT2D eigenvalue weighted by molar-refractivity contribution is 5.69. The van der Waals surface area contributed by atoms with Crippen LogP contribution in [0.25, 0.3) is 5.57 Å². The molecule has 3 rings (SSSR count). The van der Waals surface area contributed by atoms with Crippen LogP contribution in [-0.4, -0.2) is 18.1 Å². The number of hydrogen-bond acceptors (Lipinski definition) is 3. The van der Waals surface area contributed by atoms with Gasteiger partial charge in [-0.25, -0.2) is 9.37 Å². The third kappa shape index (κ3) is 3.63. The van der Waals surface area contributed by atoms with Gasteiger partial charge in [-0.05, 0) is 41.8 Å². The number of aromatic nitrogens is 1. The smallest absolute Gasteiger partial charge is 0.351 e. The molecular weight excluding hydrogens is 334 g/mol. The first-order chi connectivity index (χ1) is 11.9. The van der Waals surface area contributed by atoms with Gasteiger partial charge in [-0.3, -0.25) is 0 Å². The van der Waals surface area contributed by atoms with Gasteiger partial charge in [0.2, 0.25) is 0 Å². The molecule has 0 fully saturated rings. The van der Waals surface area contributed by atoms with Crippen LogP contribution in [0.4, 0.5) is 23.4 Å². The van der Waals surface area contributed by atoms with Crippen LogP contribution in [-0.2, 0) is 6.18 Å². The van der Waals surface area contributed by atoms with E-state index in [2.05, 4.69) is 4.98 Å². The van der Waals surface area contributed by atoms with Crippen molar-refractivity contribution in [2.45, 2.75) is 12.6 Å². The van der Waals surface area contributed by atoms with Crippen LogP contribution in [0.2, 0.25) is 0 Å². The SMILES string of the molecule is N#Cc1ccc(C(F)(F)F)nc1N1CC=C(c2ccc(F)cc2)CC1. The lowest BCUT2D eigenvalue weighted by atomic mass is 9.99. The second-order valence-corrected chi connectivity index (χ2v) is 5.61. The minimum atomic E-state index is -4.56. The van der Waals surface area contributed by atoms with Crippen LogP contribution in [0.3, 0.4) is 0 Å². The second-order valence-electron chi connectivity index (χ2n) is 5.61. The van der Waals surface area contributed by atoms with Crippen LogP contribution in [0.15, 0.2) is 42.5 Å². The van der Waals surface area contributed by atoms with Crippen molar-refractivity contribution in [2.24, 2.45) is 0 Å². The van der Waals surface area contributed by atoms with E-state index in [4.69, 9.17) is 5.26 Å². The average molecular weight is 347 g/mol. The van der Waals surface area contributed by atoms with E-state index in [0.717, 1.165) is 23.3 Å². The van der Waals surface area contributed by atoms with E-state index in [0.29, 0.717) is 19.5 Å². The fourth-order valence-corrected chi connectivity index (χ4v) is 2.72. The van der Waals surface area contributed by atoms with E-state index in [1.54, 1.807) is 17.0 Å². The van der Waals surface area contributed by atoms with Crippen molar-refractivity contribution in [3.63, 3.8) is 0 Å². The Morgan fingerprint density at radius 2 is 1.80 bits per heavy atom. The molecule has 2 aromatic rings. The van der Waals surface area contributed by atoms with Gasteiger partial charge in [0, 0.05) is 13.1 Å². The number of pyridine rings is 1. The molecule has 3 nitrogen and oxygen atoms in total. The first kappa shape index (κ1) is 17.0. The summed E-state index contributed by atoms with van der Waals surface area (Å²) in [5.74, 6) is -0.291. The molecule has 7 heteroatoms. The number of anilines is 1. The van der Waals surface area contributed by atoms with E-state index in [-0.39, 0.29) is 17.2 Å². The molecule has 0 aliphatic carbocycles. The predicted octanol–water partition coefficient (Wildman–Crippen LogP) is 4.40. The molecule has 0 unspecified atom stereocenters. The summed E-state index contributed by atoms with van der Waals surface area (Å²) in [6, 6.07) is 9.91. The molecule has 0 saturated heterocycles. The summed E-state index contributed by atoms with van der Waals surface area (Å²) >= 11 is 0. The third-order valence-corrected chi connectivity index (χ3v) is 4.01. The first-order valence-electron chi connectivity index (χ1n) is 7.57. The van der Waals surface area contributed by atoms with Crippen LogP contribution in [0, 0.1) is 17.1 Å². The van der Waals surface area contributed by atoms with Crippen molar-refractivity contribution < 1.29 is 17.6 Å². The summed E-state index contributed by atoms with van der Waals surface area (Å²) in [5, 5.41) is 9.15. The summed E-state index contributed by atoms with van der Waals surface area (Å²) in [4.78, 5) is 5.29. The highest BCUT2D eigenvalue weighted by Gasteiger charge is 2.33. The maximum Gasteiger partial charge on any atom is 0.433 e. The topological polar surface area (TPSA) is 39.9 Å². The summed E-state index contributed by atoms with van der Waals surface area (Å²) < 4.78 is 51.6. The van der Waals surface area contributed by atoms with Crippen molar-refractivity contribution in [2.75, 3.05) is 18.0 Å². The molecule has 1 aliphatic rings. The fourth-order valence-electron chi connectivity index (χ4n) is 2.72. The lowest BCUT2D eigenvalue weighted by Gasteiger charge is -2.28. The quantitative estimate of drug-likeness (QED) is 0.756. The molecule has 0 N–H and O–H groups in total. The number of nitriles is 1. The number of hydrogen-bond donors (Lipinski definition) is 0. The minimum absolute atomic E-state index is 0.0340. The van der Waals surface area contributed by atoms with E-state index in [9.17, 15) is 17.6 Å². The van der Waals surface area contributed by atoms with E-state index < -0.39 is 11.9 Å². The maximum absolute atomic E-state index is 13.0. The van der Waals surface area contributed by atoms with Crippen LogP contribution in [0.5, 0.6) is 0 Å². The third-order valence-electron chi connectivity index (χ3n) is 4.01. The van der Waals surface area contributed by atoms with Gasteiger partial charge in [-0.2, -0.15) is 18.4 Å². The van der Waals surface area contributed by atoms with Crippen LogP contribution < -0.4 is 4.90 Å². The summed E-state index contributed by atoms with van der Waals surface area (Å²) in [6.45, 7) is 0.752. The van der Waals surface area contributed by atoms with Crippen LogP contribution >= 0.6 is 0 Å². The average Bonchev–Trinajstić information content (AvgIpc) is 2.61. The van der Waals surface area contributed by atoms with Gasteiger partial charge in [-0.1, -0.05) is 18.2 Å². The lowest BCUT2D eigenvalue weighted by Crippen LogP contribution is -2.30. The summed E-state index contributed by atoms with van der Waals surface area (Å²) in [6.07, 6.45) is -2.14. The molecule has 1 aromatic heterocycles. The number of nitrogens with zero attached hydrogens (tertiary/aromatic N) is 3. The van der Waals surface area contributed by atoms with Gasteiger partial charge in [0.15, 0.2) is 0 Å². The number of halogens is 4. The molecule has 0 amide bonds. The summed E-state index contributed by atoms with van der Waals surface area (Å²) in [5.41, 5.74) is 0.946. The van der Waals surface area contributed by atoms with Crippen molar-refractivity contribution >= 4 is 11.4 Å². The van der Waals surface area contributed by atoms with Crippen LogP contribution in [0.1, 0.15) is 23.2 Å². The first-order valence-corrected chi connectivity index (χ1v) is 7.57. The molecule has 0 bridgehead atoms. The van der Waals surface area contributed by atoms with Gasteiger partial charge in [0.25, 0.3) is 0 Å². The van der Waals surface area contributed by atoms with E-state index in [1.807, 2.05) is 12.1 Å². The van der Waals surface area contributed by atoms with Gasteiger partial charge in [0.1, 0.15) is 23.4 Å². The molecule has 128 valence electrons. The van der Waals surface area contributed by atoms with Crippen molar-refractivity contribution in [3.05, 3.63) is 65.1 Å². The molecule has 2 heterocycles. The Kier molecular flexibility index (Phi) is 4.45. The Bertz CT molecular complexity index is 848. The Morgan fingerprint density at radius 3 is 2.36 bits per heavy atom. The molecule has 1 aromatic carbocycles. The minimum Gasteiger partial charge on any atom is -0.351 e. The van der Waals surface area contributed by atoms with Gasteiger partial charge < -0.3 is 4.90 Å². The fraction of sp³-hybridized carbons (Fsp3) is 0.222. The number of rotatable bonds is 2. The number of alkyl halides is 3. The highest BCUT2D eigenvalue weighted by Crippen LogP contribution is 2.32. The molecule has 1 aliphatic heterocycles. The molecule has 0 saturated carbocycles. The zero-order valence-corrected chi connectivity index (χ0v) is 13.0. The maximum atomic E-state index is 13.0. The Morgan fingerprint density at radius 1 is 1.08 bits per heavy atom. The van der Waals surface area contributed by atoms with Gasteiger partial charge >= 0.3 is 6.18 Å². The normalized spacial score (nSPS) is 14.8. The monoisotopic (exact) mass is 347 g/mol. The molecular formula is C18H13F4N3. The second kappa shape index (κ2) is 6.55. The van der Waals surface area contributed by atoms with E-state index >= 15 is 0 Å². The van der Waals surface area contributed by atoms with E-state index in [1.165, 1.54) is 12.1 Å². The van der Waals surface area contributed by atoms with Gasteiger partial charge in [-0.15, -0.1) is 0 Å². The Hall–Kier alpha value is -2.88. The lowest BCUT2D eigenvalue weighted by molar-refractivity contribution is -0.141. The van der Waals surface area contributed by atoms with Gasteiger partial charge in [0.05, 0.1) is 5.56 Å². The molecule has 0 spiro atoms. The van der Waals surface area contributed by atoms with Crippen molar-refractivity contribution in [3.8, 4) is 6.07 Å². The Labute approximate surface area is 141 Å².